The van der Waals surface area contributed by atoms with Gasteiger partial charge in [-0.3, -0.25) is 0 Å². The number of sulfone groups is 1. The molecule has 1 heterocycles. The molecule has 2 rings (SSSR count). The minimum Gasteiger partial charge on any atom is -0.240 e. The summed E-state index contributed by atoms with van der Waals surface area (Å²) >= 11 is 4.88. The van der Waals surface area contributed by atoms with Gasteiger partial charge in [-0.25, -0.2) is 13.4 Å². The van der Waals surface area contributed by atoms with Crippen molar-refractivity contribution in [3.05, 3.63) is 38.6 Å². The number of halogens is 1. The second kappa shape index (κ2) is 5.34. The number of aryl methyl sites for hydroxylation is 1. The molecular formula is C13H14BrNO2S2. The van der Waals surface area contributed by atoms with Gasteiger partial charge in [0, 0.05) is 21.2 Å². The average Bonchev–Trinajstić information content (AvgIpc) is 2.69. The molecule has 3 nitrogen and oxygen atoms in total. The summed E-state index contributed by atoms with van der Waals surface area (Å²) in [7, 11) is -3.11. The Labute approximate surface area is 125 Å². The second-order valence-electron chi connectivity index (χ2n) is 4.44. The lowest BCUT2D eigenvalue weighted by Gasteiger charge is -2.04. The van der Waals surface area contributed by atoms with Gasteiger partial charge in [0.25, 0.3) is 0 Å². The molecule has 2 aromatic rings. The van der Waals surface area contributed by atoms with E-state index in [1.807, 2.05) is 31.2 Å². The number of aromatic nitrogens is 1. The van der Waals surface area contributed by atoms with E-state index in [1.54, 1.807) is 6.92 Å². The number of nitrogens with zero attached hydrogens (tertiary/aromatic N) is 1. The Hall–Kier alpha value is -0.720. The zero-order valence-corrected chi connectivity index (χ0v) is 14.1. The molecule has 0 saturated carbocycles. The third-order valence-corrected chi connectivity index (χ3v) is 6.20. The lowest BCUT2D eigenvalue weighted by molar-refractivity contribution is 0.592. The predicted octanol–water partition coefficient (Wildman–Crippen LogP) is 3.99. The van der Waals surface area contributed by atoms with E-state index in [0.29, 0.717) is 5.01 Å². The maximum Gasteiger partial charge on any atom is 0.156 e. The van der Waals surface area contributed by atoms with Crippen LogP contribution in [0.3, 0.4) is 0 Å². The molecule has 0 aliphatic carbocycles. The highest BCUT2D eigenvalue weighted by Crippen LogP contribution is 2.33. The van der Waals surface area contributed by atoms with E-state index >= 15 is 0 Å². The first-order valence-corrected chi connectivity index (χ1v) is 9.27. The summed E-state index contributed by atoms with van der Waals surface area (Å²) in [6.45, 7) is 3.64. The smallest absolute Gasteiger partial charge is 0.156 e. The van der Waals surface area contributed by atoms with Crippen LogP contribution >= 0.6 is 27.3 Å². The molecule has 0 aliphatic heterocycles. The van der Waals surface area contributed by atoms with Gasteiger partial charge < -0.3 is 0 Å². The number of thiazole rings is 1. The molecule has 1 aromatic carbocycles. The molecule has 102 valence electrons. The van der Waals surface area contributed by atoms with Crippen LogP contribution in [0, 0.1) is 6.92 Å². The Morgan fingerprint density at radius 3 is 2.63 bits per heavy atom. The fourth-order valence-corrected chi connectivity index (χ4v) is 4.04. The Bertz CT molecular complexity index is 707. The summed E-state index contributed by atoms with van der Waals surface area (Å²) in [5, 5.41) is 0.0899. The fraction of sp³-hybridized carbons (Fsp3) is 0.308. The minimum atomic E-state index is -3.11. The van der Waals surface area contributed by atoms with Crippen molar-refractivity contribution in [2.24, 2.45) is 0 Å². The van der Waals surface area contributed by atoms with Gasteiger partial charge >= 0.3 is 0 Å². The first-order chi connectivity index (χ1) is 8.79. The van der Waals surface area contributed by atoms with E-state index in [1.165, 1.54) is 17.6 Å². The van der Waals surface area contributed by atoms with Crippen LogP contribution in [0.2, 0.25) is 0 Å². The molecule has 0 radical (unpaired) electrons. The van der Waals surface area contributed by atoms with Crippen molar-refractivity contribution in [3.8, 4) is 11.3 Å². The van der Waals surface area contributed by atoms with Crippen LogP contribution in [0.5, 0.6) is 0 Å². The molecule has 1 unspecified atom stereocenters. The van der Waals surface area contributed by atoms with Gasteiger partial charge in [-0.2, -0.15) is 0 Å². The van der Waals surface area contributed by atoms with Crippen LogP contribution < -0.4 is 0 Å². The van der Waals surface area contributed by atoms with E-state index < -0.39 is 15.1 Å². The first kappa shape index (κ1) is 14.7. The summed E-state index contributed by atoms with van der Waals surface area (Å²) in [5.74, 6) is 0. The van der Waals surface area contributed by atoms with Crippen LogP contribution in [0.4, 0.5) is 0 Å². The normalized spacial score (nSPS) is 13.5. The summed E-state index contributed by atoms with van der Waals surface area (Å²) in [6, 6.07) is 7.85. The van der Waals surface area contributed by atoms with E-state index in [4.69, 9.17) is 0 Å². The summed E-state index contributed by atoms with van der Waals surface area (Å²) in [5.41, 5.74) is 1.85. The molecule has 19 heavy (non-hydrogen) atoms. The topological polar surface area (TPSA) is 47.0 Å². The molecule has 0 fully saturated rings. The Kier molecular flexibility index (Phi) is 4.13. The summed E-state index contributed by atoms with van der Waals surface area (Å²) < 4.78 is 24.2. The monoisotopic (exact) mass is 359 g/mol. The highest BCUT2D eigenvalue weighted by molar-refractivity contribution is 9.10. The highest BCUT2D eigenvalue weighted by Gasteiger charge is 2.22. The Morgan fingerprint density at radius 1 is 1.37 bits per heavy atom. The van der Waals surface area contributed by atoms with Crippen molar-refractivity contribution in [1.29, 1.82) is 0 Å². The third kappa shape index (κ3) is 3.24. The number of hydrogen-bond donors (Lipinski definition) is 0. The van der Waals surface area contributed by atoms with Crippen molar-refractivity contribution < 1.29 is 8.42 Å². The van der Waals surface area contributed by atoms with Gasteiger partial charge in [-0.1, -0.05) is 28.1 Å². The largest absolute Gasteiger partial charge is 0.240 e. The van der Waals surface area contributed by atoms with Gasteiger partial charge in [0.05, 0.1) is 5.69 Å². The first-order valence-electron chi connectivity index (χ1n) is 5.71. The van der Waals surface area contributed by atoms with Gasteiger partial charge in [-0.05, 0) is 26.0 Å². The molecule has 1 atom stereocenters. The number of rotatable bonds is 3. The van der Waals surface area contributed by atoms with Crippen molar-refractivity contribution in [1.82, 2.24) is 4.98 Å². The second-order valence-corrected chi connectivity index (χ2v) is 8.96. The highest BCUT2D eigenvalue weighted by atomic mass is 79.9. The van der Waals surface area contributed by atoms with E-state index in [-0.39, 0.29) is 0 Å². The molecule has 0 bridgehead atoms. The maximum absolute atomic E-state index is 11.6. The van der Waals surface area contributed by atoms with E-state index in [9.17, 15) is 8.42 Å². The van der Waals surface area contributed by atoms with Gasteiger partial charge in [0.1, 0.15) is 10.3 Å². The quantitative estimate of drug-likeness (QED) is 0.832. The molecule has 1 aromatic heterocycles. The number of hydrogen-bond acceptors (Lipinski definition) is 4. The minimum absolute atomic E-state index is 0.558. The third-order valence-electron chi connectivity index (χ3n) is 2.90. The SMILES string of the molecule is Cc1sc(C(C)S(C)(=O)=O)nc1-c1cccc(Br)c1. The van der Waals surface area contributed by atoms with Gasteiger partial charge in [0.15, 0.2) is 9.84 Å². The molecular weight excluding hydrogens is 346 g/mol. The van der Waals surface area contributed by atoms with E-state index in [2.05, 4.69) is 20.9 Å². The van der Waals surface area contributed by atoms with Gasteiger partial charge in [-0.15, -0.1) is 11.3 Å². The van der Waals surface area contributed by atoms with Crippen LogP contribution in [-0.2, 0) is 9.84 Å². The summed E-state index contributed by atoms with van der Waals surface area (Å²) in [6.07, 6.45) is 1.24. The van der Waals surface area contributed by atoms with Crippen molar-refractivity contribution in [3.63, 3.8) is 0 Å². The molecule has 0 spiro atoms. The molecule has 6 heteroatoms. The van der Waals surface area contributed by atoms with Crippen LogP contribution in [0.25, 0.3) is 11.3 Å². The van der Waals surface area contributed by atoms with Crippen molar-refractivity contribution in [2.45, 2.75) is 19.1 Å². The average molecular weight is 360 g/mol. The Balaban J connectivity index is 2.48. The van der Waals surface area contributed by atoms with Gasteiger partial charge in [0.2, 0.25) is 0 Å². The zero-order chi connectivity index (χ0) is 14.2. The van der Waals surface area contributed by atoms with Crippen molar-refractivity contribution >= 4 is 37.1 Å². The maximum atomic E-state index is 11.6. The zero-order valence-electron chi connectivity index (χ0n) is 10.8. The molecule has 0 saturated heterocycles. The molecule has 0 aliphatic rings. The molecule has 0 N–H and O–H groups in total. The Morgan fingerprint density at radius 2 is 2.05 bits per heavy atom. The number of benzene rings is 1. The van der Waals surface area contributed by atoms with Crippen LogP contribution in [-0.4, -0.2) is 19.7 Å². The van der Waals surface area contributed by atoms with E-state index in [0.717, 1.165) is 20.6 Å². The lowest BCUT2D eigenvalue weighted by Crippen LogP contribution is -2.07. The predicted molar refractivity (Wildman–Crippen MR) is 83.2 cm³/mol. The standard InChI is InChI=1S/C13H14BrNO2S2/c1-8-12(10-5-4-6-11(14)7-10)15-13(18-8)9(2)19(3,16)17/h4-7,9H,1-3H3. The summed E-state index contributed by atoms with van der Waals surface area (Å²) in [4.78, 5) is 5.54. The fourth-order valence-electron chi connectivity index (χ4n) is 1.68. The van der Waals surface area contributed by atoms with Crippen molar-refractivity contribution in [2.75, 3.05) is 6.26 Å². The van der Waals surface area contributed by atoms with Crippen LogP contribution in [0.15, 0.2) is 28.7 Å². The molecule has 0 amide bonds. The van der Waals surface area contributed by atoms with Crippen LogP contribution in [0.1, 0.15) is 22.1 Å². The lowest BCUT2D eigenvalue weighted by atomic mass is 10.1.